The summed E-state index contributed by atoms with van der Waals surface area (Å²) in [5.41, 5.74) is 3.80. The second kappa shape index (κ2) is 6.37. The van der Waals surface area contributed by atoms with E-state index in [2.05, 4.69) is 0 Å². The molecule has 4 heteroatoms. The molecule has 1 aromatic rings. The van der Waals surface area contributed by atoms with E-state index in [0.717, 1.165) is 28.7 Å². The number of carbonyl (C=O) groups is 2. The van der Waals surface area contributed by atoms with Gasteiger partial charge in [-0.2, -0.15) is 0 Å². The molecule has 0 fully saturated rings. The van der Waals surface area contributed by atoms with E-state index in [4.69, 9.17) is 10.2 Å². The summed E-state index contributed by atoms with van der Waals surface area (Å²) in [4.78, 5) is 22.5. The molecule has 0 unspecified atom stereocenters. The molecule has 0 saturated heterocycles. The molecule has 0 radical (unpaired) electrons. The van der Waals surface area contributed by atoms with Gasteiger partial charge >= 0.3 is 11.9 Å². The van der Waals surface area contributed by atoms with Crippen molar-refractivity contribution in [2.75, 3.05) is 0 Å². The van der Waals surface area contributed by atoms with E-state index in [9.17, 15) is 9.59 Å². The number of hydrogen-bond donors (Lipinski definition) is 2. The maximum Gasteiger partial charge on any atom is 0.343 e. The van der Waals surface area contributed by atoms with Crippen LogP contribution in [0.2, 0.25) is 0 Å². The summed E-state index contributed by atoms with van der Waals surface area (Å²) in [6, 6.07) is 3.73. The first kappa shape index (κ1) is 16.0. The average molecular weight is 276 g/mol. The van der Waals surface area contributed by atoms with E-state index in [1.54, 1.807) is 6.92 Å². The fourth-order valence-electron chi connectivity index (χ4n) is 2.46. The lowest BCUT2D eigenvalue weighted by molar-refractivity contribution is -0.140. The minimum Gasteiger partial charge on any atom is -0.477 e. The van der Waals surface area contributed by atoms with Crippen LogP contribution in [0.1, 0.15) is 42.5 Å². The van der Waals surface area contributed by atoms with Crippen LogP contribution in [0.25, 0.3) is 5.57 Å². The molecule has 20 heavy (non-hydrogen) atoms. The lowest BCUT2D eigenvalue weighted by Gasteiger charge is -2.16. The van der Waals surface area contributed by atoms with Crippen molar-refractivity contribution in [3.05, 3.63) is 40.0 Å². The first-order valence-corrected chi connectivity index (χ1v) is 6.64. The third kappa shape index (κ3) is 2.90. The maximum absolute atomic E-state index is 11.2. The molecule has 0 aromatic heterocycles. The van der Waals surface area contributed by atoms with Gasteiger partial charge in [0.1, 0.15) is 5.57 Å². The molecule has 2 N–H and O–H groups in total. The highest BCUT2D eigenvalue weighted by Gasteiger charge is 2.23. The summed E-state index contributed by atoms with van der Waals surface area (Å²) < 4.78 is 0. The number of hydrogen-bond acceptors (Lipinski definition) is 2. The number of aryl methyl sites for hydroxylation is 1. The van der Waals surface area contributed by atoms with Crippen LogP contribution in [-0.2, 0) is 16.0 Å². The molecule has 108 valence electrons. The van der Waals surface area contributed by atoms with Crippen molar-refractivity contribution in [1.29, 1.82) is 0 Å². The van der Waals surface area contributed by atoms with Gasteiger partial charge in [0, 0.05) is 0 Å². The number of carboxylic acid groups (broad SMARTS) is 2. The minimum absolute atomic E-state index is 0.365. The molecular weight excluding hydrogens is 256 g/mol. The summed E-state index contributed by atoms with van der Waals surface area (Å²) >= 11 is 0. The number of benzene rings is 1. The molecule has 0 aliphatic heterocycles. The molecule has 0 aliphatic carbocycles. The number of carboxylic acids is 2. The third-order valence-corrected chi connectivity index (χ3v) is 3.63. The van der Waals surface area contributed by atoms with Gasteiger partial charge in [0.2, 0.25) is 0 Å². The second-order valence-corrected chi connectivity index (χ2v) is 4.70. The molecule has 0 spiro atoms. The van der Waals surface area contributed by atoms with Crippen LogP contribution < -0.4 is 0 Å². The van der Waals surface area contributed by atoms with Crippen molar-refractivity contribution in [1.82, 2.24) is 0 Å². The summed E-state index contributed by atoms with van der Waals surface area (Å²) in [6.07, 6.45) is 1.10. The Kier molecular flexibility index (Phi) is 5.08. The summed E-state index contributed by atoms with van der Waals surface area (Å²) in [5, 5.41) is 18.3. The SMILES string of the molecule is CCC(=C(C(=O)O)C(=O)O)c1ccc(C)c(C)c1CC. The summed E-state index contributed by atoms with van der Waals surface area (Å²) in [7, 11) is 0. The van der Waals surface area contributed by atoms with Crippen LogP contribution in [0.3, 0.4) is 0 Å². The van der Waals surface area contributed by atoms with Crippen molar-refractivity contribution in [3.8, 4) is 0 Å². The molecule has 0 aliphatic rings. The number of allylic oxidation sites excluding steroid dienone is 1. The highest BCUT2D eigenvalue weighted by molar-refractivity contribution is 6.18. The lowest BCUT2D eigenvalue weighted by Crippen LogP contribution is -2.14. The Morgan fingerprint density at radius 1 is 1.05 bits per heavy atom. The standard InChI is InChI=1S/C16H20O4/c1-5-11-10(4)9(3)7-8-13(11)12(6-2)14(15(17)18)16(19)20/h7-8H,5-6H2,1-4H3,(H,17,18)(H,19,20). The van der Waals surface area contributed by atoms with E-state index in [1.807, 2.05) is 32.9 Å². The van der Waals surface area contributed by atoms with E-state index in [0.29, 0.717) is 12.0 Å². The van der Waals surface area contributed by atoms with Gasteiger partial charge in [0.05, 0.1) is 0 Å². The van der Waals surface area contributed by atoms with Crippen molar-refractivity contribution in [2.24, 2.45) is 0 Å². The molecular formula is C16H20O4. The van der Waals surface area contributed by atoms with Gasteiger partial charge in [-0.3, -0.25) is 0 Å². The van der Waals surface area contributed by atoms with Crippen LogP contribution in [0.15, 0.2) is 17.7 Å². The molecule has 0 bridgehead atoms. The molecule has 0 saturated carbocycles. The lowest BCUT2D eigenvalue weighted by atomic mass is 9.88. The summed E-state index contributed by atoms with van der Waals surface area (Å²) in [6.45, 7) is 7.73. The van der Waals surface area contributed by atoms with Gasteiger partial charge < -0.3 is 10.2 Å². The van der Waals surface area contributed by atoms with Gasteiger partial charge in [-0.15, -0.1) is 0 Å². The van der Waals surface area contributed by atoms with E-state index in [1.165, 1.54) is 0 Å². The van der Waals surface area contributed by atoms with Gasteiger partial charge in [-0.05, 0) is 54.5 Å². The van der Waals surface area contributed by atoms with Crippen molar-refractivity contribution in [3.63, 3.8) is 0 Å². The predicted octanol–water partition coefficient (Wildman–Crippen LogP) is 3.20. The number of aliphatic carboxylic acids is 2. The average Bonchev–Trinajstić information content (AvgIpc) is 2.38. The Balaban J connectivity index is 3.70. The monoisotopic (exact) mass is 276 g/mol. The van der Waals surface area contributed by atoms with Crippen LogP contribution in [0, 0.1) is 13.8 Å². The third-order valence-electron chi connectivity index (χ3n) is 3.63. The fraction of sp³-hybridized carbons (Fsp3) is 0.375. The Labute approximate surface area is 118 Å². The zero-order valence-electron chi connectivity index (χ0n) is 12.3. The smallest absolute Gasteiger partial charge is 0.343 e. The van der Waals surface area contributed by atoms with Crippen molar-refractivity contribution in [2.45, 2.75) is 40.5 Å². The van der Waals surface area contributed by atoms with E-state index < -0.39 is 17.5 Å². The Hall–Kier alpha value is -2.10. The van der Waals surface area contributed by atoms with Crippen LogP contribution in [-0.4, -0.2) is 22.2 Å². The van der Waals surface area contributed by atoms with Gasteiger partial charge in [0.25, 0.3) is 0 Å². The first-order valence-electron chi connectivity index (χ1n) is 6.64. The Morgan fingerprint density at radius 3 is 2.00 bits per heavy atom. The largest absolute Gasteiger partial charge is 0.477 e. The van der Waals surface area contributed by atoms with Gasteiger partial charge in [0.15, 0.2) is 0 Å². The molecule has 0 atom stereocenters. The first-order chi connectivity index (χ1) is 9.34. The van der Waals surface area contributed by atoms with E-state index >= 15 is 0 Å². The van der Waals surface area contributed by atoms with Crippen LogP contribution in [0.5, 0.6) is 0 Å². The fourth-order valence-corrected chi connectivity index (χ4v) is 2.46. The Morgan fingerprint density at radius 2 is 1.60 bits per heavy atom. The van der Waals surface area contributed by atoms with Crippen LogP contribution in [0.4, 0.5) is 0 Å². The Bertz CT molecular complexity index is 566. The second-order valence-electron chi connectivity index (χ2n) is 4.70. The quantitative estimate of drug-likeness (QED) is 0.492. The zero-order chi connectivity index (χ0) is 15.4. The normalized spacial score (nSPS) is 10.2. The maximum atomic E-state index is 11.2. The summed E-state index contributed by atoms with van der Waals surface area (Å²) in [5.74, 6) is -2.79. The molecule has 1 rings (SSSR count). The predicted molar refractivity (Wildman–Crippen MR) is 77.8 cm³/mol. The van der Waals surface area contributed by atoms with Gasteiger partial charge in [-0.1, -0.05) is 26.0 Å². The van der Waals surface area contributed by atoms with Crippen molar-refractivity contribution >= 4 is 17.5 Å². The minimum atomic E-state index is -1.39. The zero-order valence-corrected chi connectivity index (χ0v) is 12.3. The highest BCUT2D eigenvalue weighted by atomic mass is 16.4. The molecule has 0 amide bonds. The number of rotatable bonds is 5. The highest BCUT2D eigenvalue weighted by Crippen LogP contribution is 2.29. The van der Waals surface area contributed by atoms with Crippen LogP contribution >= 0.6 is 0 Å². The molecule has 4 nitrogen and oxygen atoms in total. The topological polar surface area (TPSA) is 74.6 Å². The van der Waals surface area contributed by atoms with Gasteiger partial charge in [-0.25, -0.2) is 9.59 Å². The van der Waals surface area contributed by atoms with E-state index in [-0.39, 0.29) is 0 Å². The molecule has 0 heterocycles. The van der Waals surface area contributed by atoms with Crippen molar-refractivity contribution < 1.29 is 19.8 Å². The molecule has 1 aromatic carbocycles.